The SMILES string of the molecule is COC([O-])=C1C(=NS(=O)(=O)c2ccccc2)SC2=C1CCCCC2. The first-order valence-corrected chi connectivity index (χ1v) is 10.0. The maximum absolute atomic E-state index is 12.5. The molecule has 3 rings (SSSR count). The first-order valence-electron chi connectivity index (χ1n) is 7.79. The Bertz CT molecular complexity index is 823. The van der Waals surface area contributed by atoms with E-state index in [1.165, 1.54) is 31.0 Å². The Labute approximate surface area is 146 Å². The molecule has 0 saturated carbocycles. The summed E-state index contributed by atoms with van der Waals surface area (Å²) in [4.78, 5) is 1.17. The molecular formula is C17H18NO4S2-. The second-order valence-corrected chi connectivity index (χ2v) is 8.30. The minimum atomic E-state index is -3.86. The molecule has 1 aromatic rings. The lowest BCUT2D eigenvalue weighted by molar-refractivity contribution is -0.354. The van der Waals surface area contributed by atoms with Gasteiger partial charge in [-0.25, -0.2) is 0 Å². The lowest BCUT2D eigenvalue weighted by Crippen LogP contribution is -2.14. The number of hydrogen-bond acceptors (Lipinski definition) is 5. The number of sulfonamides is 1. The van der Waals surface area contributed by atoms with Crippen molar-refractivity contribution in [3.8, 4) is 0 Å². The van der Waals surface area contributed by atoms with E-state index in [1.54, 1.807) is 18.2 Å². The average molecular weight is 364 g/mol. The van der Waals surface area contributed by atoms with E-state index in [0.29, 0.717) is 5.57 Å². The van der Waals surface area contributed by atoms with E-state index in [0.717, 1.165) is 42.6 Å². The minimum absolute atomic E-state index is 0.115. The van der Waals surface area contributed by atoms with Crippen LogP contribution >= 0.6 is 11.8 Å². The number of rotatable bonds is 3. The van der Waals surface area contributed by atoms with Gasteiger partial charge in [-0.3, -0.25) is 0 Å². The van der Waals surface area contributed by atoms with E-state index in [-0.39, 0.29) is 9.94 Å². The van der Waals surface area contributed by atoms with Gasteiger partial charge in [-0.15, -0.1) is 0 Å². The van der Waals surface area contributed by atoms with Crippen LogP contribution < -0.4 is 5.11 Å². The summed E-state index contributed by atoms with van der Waals surface area (Å²) in [5.41, 5.74) is 1.23. The molecule has 1 aromatic carbocycles. The zero-order chi connectivity index (χ0) is 17.2. The third-order valence-corrected chi connectivity index (χ3v) is 6.63. The highest BCUT2D eigenvalue weighted by Gasteiger charge is 2.30. The monoisotopic (exact) mass is 364 g/mol. The summed E-state index contributed by atoms with van der Waals surface area (Å²) in [5.74, 6) is -0.517. The van der Waals surface area contributed by atoms with Crippen molar-refractivity contribution in [1.82, 2.24) is 0 Å². The molecular weight excluding hydrogens is 346 g/mol. The second-order valence-electron chi connectivity index (χ2n) is 5.62. The maximum atomic E-state index is 12.5. The normalized spacial score (nSPS) is 22.3. The number of hydrogen-bond donors (Lipinski definition) is 0. The molecule has 0 unspecified atom stereocenters. The second kappa shape index (κ2) is 7.03. The number of allylic oxidation sites excluding steroid dienone is 2. The van der Waals surface area contributed by atoms with Gasteiger partial charge >= 0.3 is 0 Å². The molecule has 0 saturated heterocycles. The highest BCUT2D eigenvalue weighted by atomic mass is 32.2. The van der Waals surface area contributed by atoms with Gasteiger partial charge in [0.05, 0.1) is 10.8 Å². The van der Waals surface area contributed by atoms with Crippen molar-refractivity contribution in [3.05, 3.63) is 52.3 Å². The fourth-order valence-corrected chi connectivity index (χ4v) is 5.33. The highest BCUT2D eigenvalue weighted by Crippen LogP contribution is 2.45. The van der Waals surface area contributed by atoms with Gasteiger partial charge in [0.2, 0.25) is 0 Å². The Morgan fingerprint density at radius 1 is 1.17 bits per heavy atom. The van der Waals surface area contributed by atoms with Crippen molar-refractivity contribution in [1.29, 1.82) is 0 Å². The van der Waals surface area contributed by atoms with Gasteiger partial charge in [-0.1, -0.05) is 36.4 Å². The quantitative estimate of drug-likeness (QED) is 0.771. The Morgan fingerprint density at radius 2 is 1.88 bits per heavy atom. The molecule has 5 nitrogen and oxygen atoms in total. The molecule has 0 atom stereocenters. The molecule has 0 bridgehead atoms. The standard InChI is InChI=1S/C17H19NO4S2/c1-22-17(19)15-13-10-6-3-7-11-14(13)23-16(15)18-24(20,21)12-8-4-2-5-9-12/h2,4-5,8-9,19H,3,6-7,10-11H2,1H3/p-1. The summed E-state index contributed by atoms with van der Waals surface area (Å²) in [6.07, 6.45) is 4.75. The Kier molecular flexibility index (Phi) is 5.01. The van der Waals surface area contributed by atoms with E-state index >= 15 is 0 Å². The number of methoxy groups -OCH3 is 1. The summed E-state index contributed by atoms with van der Waals surface area (Å²) in [7, 11) is -2.55. The number of benzene rings is 1. The molecule has 0 N–H and O–H groups in total. The van der Waals surface area contributed by atoms with Gasteiger partial charge in [0.25, 0.3) is 10.0 Å². The Balaban J connectivity index is 2.05. The van der Waals surface area contributed by atoms with Crippen molar-refractivity contribution in [3.63, 3.8) is 0 Å². The van der Waals surface area contributed by atoms with Crippen molar-refractivity contribution >= 4 is 26.8 Å². The fraction of sp³-hybridized carbons (Fsp3) is 0.353. The molecule has 2 aliphatic rings. The van der Waals surface area contributed by atoms with E-state index in [2.05, 4.69) is 4.40 Å². The molecule has 1 heterocycles. The van der Waals surface area contributed by atoms with Crippen molar-refractivity contribution in [2.75, 3.05) is 7.11 Å². The van der Waals surface area contributed by atoms with Crippen LogP contribution in [0.5, 0.6) is 0 Å². The topological polar surface area (TPSA) is 78.8 Å². The first kappa shape index (κ1) is 17.1. The van der Waals surface area contributed by atoms with Crippen LogP contribution in [0.25, 0.3) is 0 Å². The lowest BCUT2D eigenvalue weighted by atomic mass is 10.0. The minimum Gasteiger partial charge on any atom is -0.616 e. The number of nitrogens with zero attached hydrogens (tertiary/aromatic N) is 1. The molecule has 128 valence electrons. The third-order valence-electron chi connectivity index (χ3n) is 4.04. The van der Waals surface area contributed by atoms with Gasteiger partial charge in [0.15, 0.2) is 0 Å². The van der Waals surface area contributed by atoms with Crippen LogP contribution in [0.4, 0.5) is 0 Å². The third kappa shape index (κ3) is 3.37. The van der Waals surface area contributed by atoms with E-state index < -0.39 is 16.0 Å². The van der Waals surface area contributed by atoms with Crippen LogP contribution in [0, 0.1) is 0 Å². The van der Waals surface area contributed by atoms with Crippen LogP contribution in [-0.4, -0.2) is 20.6 Å². The molecule has 1 aliphatic carbocycles. The van der Waals surface area contributed by atoms with Gasteiger partial charge in [-0.05, 0) is 55.4 Å². The molecule has 0 radical (unpaired) electrons. The van der Waals surface area contributed by atoms with E-state index in [4.69, 9.17) is 4.74 Å². The van der Waals surface area contributed by atoms with Crippen LogP contribution in [-0.2, 0) is 14.8 Å². The van der Waals surface area contributed by atoms with Gasteiger partial charge in [-0.2, -0.15) is 12.8 Å². The van der Waals surface area contributed by atoms with Gasteiger partial charge < -0.3 is 9.84 Å². The highest BCUT2D eigenvalue weighted by molar-refractivity contribution is 8.18. The molecule has 1 aliphatic heterocycles. The van der Waals surface area contributed by atoms with Crippen LogP contribution in [0.1, 0.15) is 32.1 Å². The van der Waals surface area contributed by atoms with Crippen molar-refractivity contribution < 1.29 is 18.3 Å². The van der Waals surface area contributed by atoms with E-state index in [1.807, 2.05) is 0 Å². The summed E-state index contributed by atoms with van der Waals surface area (Å²) < 4.78 is 33.9. The van der Waals surface area contributed by atoms with Crippen molar-refractivity contribution in [2.24, 2.45) is 4.40 Å². The summed E-state index contributed by atoms with van der Waals surface area (Å²) in [5, 5.41) is 12.5. The van der Waals surface area contributed by atoms with Crippen LogP contribution in [0.2, 0.25) is 0 Å². The predicted octanol–water partition coefficient (Wildman–Crippen LogP) is 2.96. The Morgan fingerprint density at radius 3 is 2.58 bits per heavy atom. The summed E-state index contributed by atoms with van der Waals surface area (Å²) >= 11 is 1.29. The molecule has 0 spiro atoms. The average Bonchev–Trinajstić information content (AvgIpc) is 2.75. The molecule has 0 fully saturated rings. The van der Waals surface area contributed by atoms with Crippen molar-refractivity contribution in [2.45, 2.75) is 37.0 Å². The largest absolute Gasteiger partial charge is 0.616 e. The molecule has 0 amide bonds. The molecule has 24 heavy (non-hydrogen) atoms. The zero-order valence-corrected chi connectivity index (χ0v) is 15.0. The van der Waals surface area contributed by atoms with Crippen LogP contribution in [0.15, 0.2) is 61.6 Å². The first-order chi connectivity index (χ1) is 11.5. The summed E-state index contributed by atoms with van der Waals surface area (Å²) in [6.45, 7) is 0. The van der Waals surface area contributed by atoms with Gasteiger partial charge in [0.1, 0.15) is 5.04 Å². The summed E-state index contributed by atoms with van der Waals surface area (Å²) in [6, 6.07) is 8.02. The maximum Gasteiger partial charge on any atom is 0.283 e. The fourth-order valence-electron chi connectivity index (χ4n) is 2.86. The smallest absolute Gasteiger partial charge is 0.283 e. The lowest BCUT2D eigenvalue weighted by Gasteiger charge is -2.15. The van der Waals surface area contributed by atoms with E-state index in [9.17, 15) is 13.5 Å². The zero-order valence-electron chi connectivity index (χ0n) is 13.3. The number of thioether (sulfide) groups is 1. The molecule has 7 heteroatoms. The Hall–Kier alpha value is -1.73. The van der Waals surface area contributed by atoms with Gasteiger partial charge in [0, 0.05) is 5.57 Å². The predicted molar refractivity (Wildman–Crippen MR) is 92.8 cm³/mol. The number of ether oxygens (including phenoxy) is 1. The molecule has 0 aromatic heterocycles. The van der Waals surface area contributed by atoms with Crippen LogP contribution in [0.3, 0.4) is 0 Å².